The summed E-state index contributed by atoms with van der Waals surface area (Å²) in [4.78, 5) is 2.50. The Balaban J connectivity index is 2.12. The van der Waals surface area contributed by atoms with Gasteiger partial charge in [0.15, 0.2) is 0 Å². The molecule has 2 aliphatic heterocycles. The fraction of sp³-hybridized carbons (Fsp3) is 1.00. The van der Waals surface area contributed by atoms with E-state index in [-0.39, 0.29) is 11.6 Å². The molecule has 2 saturated heterocycles. The van der Waals surface area contributed by atoms with Gasteiger partial charge in [-0.3, -0.25) is 4.90 Å². The van der Waals surface area contributed by atoms with Crippen LogP contribution in [-0.2, 0) is 9.47 Å². The monoisotopic (exact) mass is 228 g/mol. The predicted octanol–water partition coefficient (Wildman–Crippen LogP) is 0.604. The minimum Gasteiger partial charge on any atom is -0.377 e. The minimum atomic E-state index is 0.0436. The first-order valence-corrected chi connectivity index (χ1v) is 6.37. The largest absolute Gasteiger partial charge is 0.377 e. The molecule has 0 aliphatic carbocycles. The fourth-order valence-corrected chi connectivity index (χ4v) is 2.98. The second kappa shape index (κ2) is 5.00. The van der Waals surface area contributed by atoms with Crippen LogP contribution in [-0.4, -0.2) is 55.5 Å². The first-order valence-electron chi connectivity index (χ1n) is 6.37. The third-order valence-electron chi connectivity index (χ3n) is 4.10. The highest BCUT2D eigenvalue weighted by Crippen LogP contribution is 2.32. The van der Waals surface area contributed by atoms with Crippen LogP contribution in [0.25, 0.3) is 0 Å². The molecule has 0 amide bonds. The van der Waals surface area contributed by atoms with Crippen molar-refractivity contribution < 1.29 is 9.47 Å². The number of nitrogens with zero attached hydrogens (tertiary/aromatic N) is 1. The highest BCUT2D eigenvalue weighted by Gasteiger charge is 2.45. The van der Waals surface area contributed by atoms with Crippen LogP contribution < -0.4 is 5.73 Å². The number of hydrogen-bond donors (Lipinski definition) is 1. The maximum Gasteiger partial charge on any atom is 0.0743 e. The van der Waals surface area contributed by atoms with Gasteiger partial charge in [0.1, 0.15) is 0 Å². The topological polar surface area (TPSA) is 47.7 Å². The summed E-state index contributed by atoms with van der Waals surface area (Å²) in [6.07, 6.45) is 2.69. The van der Waals surface area contributed by atoms with Gasteiger partial charge in [0.2, 0.25) is 0 Å². The molecule has 2 aliphatic rings. The maximum absolute atomic E-state index is 6.02. The number of nitrogens with two attached hydrogens (primary N) is 1. The smallest absolute Gasteiger partial charge is 0.0743 e. The first-order chi connectivity index (χ1) is 7.69. The molecule has 2 rings (SSSR count). The lowest BCUT2D eigenvalue weighted by molar-refractivity contribution is -0.00173. The van der Waals surface area contributed by atoms with E-state index in [0.717, 1.165) is 39.1 Å². The Hall–Kier alpha value is -0.160. The van der Waals surface area contributed by atoms with E-state index < -0.39 is 0 Å². The van der Waals surface area contributed by atoms with Crippen LogP contribution >= 0.6 is 0 Å². The molecular formula is C12H24N2O2. The molecule has 16 heavy (non-hydrogen) atoms. The summed E-state index contributed by atoms with van der Waals surface area (Å²) in [5.74, 6) is 0. The zero-order chi connectivity index (χ0) is 11.6. The lowest BCUT2D eigenvalue weighted by Crippen LogP contribution is -2.59. The second-order valence-corrected chi connectivity index (χ2v) is 5.05. The van der Waals surface area contributed by atoms with E-state index in [1.165, 1.54) is 0 Å². The summed E-state index contributed by atoms with van der Waals surface area (Å²) in [5, 5.41) is 0. The summed E-state index contributed by atoms with van der Waals surface area (Å²) in [6.45, 7) is 8.73. The third-order valence-corrected chi connectivity index (χ3v) is 4.10. The summed E-state index contributed by atoms with van der Waals surface area (Å²) in [7, 11) is 0. The molecule has 2 fully saturated rings. The maximum atomic E-state index is 6.02. The van der Waals surface area contributed by atoms with Crippen LogP contribution in [0.15, 0.2) is 0 Å². The van der Waals surface area contributed by atoms with Crippen LogP contribution in [0.1, 0.15) is 26.7 Å². The zero-order valence-corrected chi connectivity index (χ0v) is 10.4. The van der Waals surface area contributed by atoms with Crippen molar-refractivity contribution in [3.8, 4) is 0 Å². The Labute approximate surface area is 98.1 Å². The third kappa shape index (κ3) is 2.12. The summed E-state index contributed by atoms with van der Waals surface area (Å²) >= 11 is 0. The van der Waals surface area contributed by atoms with Gasteiger partial charge in [-0.2, -0.15) is 0 Å². The lowest BCUT2D eigenvalue weighted by atomic mass is 9.89. The van der Waals surface area contributed by atoms with Gasteiger partial charge in [0.05, 0.1) is 17.7 Å². The van der Waals surface area contributed by atoms with Crippen molar-refractivity contribution in [2.45, 2.75) is 44.4 Å². The molecular weight excluding hydrogens is 204 g/mol. The van der Waals surface area contributed by atoms with Gasteiger partial charge in [0.25, 0.3) is 0 Å². The normalized spacial score (nSPS) is 42.2. The number of rotatable bonds is 2. The van der Waals surface area contributed by atoms with E-state index in [2.05, 4.69) is 18.7 Å². The van der Waals surface area contributed by atoms with Crippen LogP contribution in [0.3, 0.4) is 0 Å². The fourth-order valence-electron chi connectivity index (χ4n) is 2.98. The molecule has 2 heterocycles. The van der Waals surface area contributed by atoms with Gasteiger partial charge in [0, 0.05) is 32.8 Å². The Morgan fingerprint density at radius 1 is 1.31 bits per heavy atom. The van der Waals surface area contributed by atoms with E-state index >= 15 is 0 Å². The van der Waals surface area contributed by atoms with E-state index in [9.17, 15) is 0 Å². The van der Waals surface area contributed by atoms with Crippen molar-refractivity contribution in [3.63, 3.8) is 0 Å². The zero-order valence-electron chi connectivity index (χ0n) is 10.4. The van der Waals surface area contributed by atoms with Crippen molar-refractivity contribution >= 4 is 0 Å². The van der Waals surface area contributed by atoms with Crippen molar-refractivity contribution in [2.75, 3.05) is 32.8 Å². The molecule has 0 aromatic carbocycles. The van der Waals surface area contributed by atoms with Crippen molar-refractivity contribution in [3.05, 3.63) is 0 Å². The first kappa shape index (κ1) is 12.3. The molecule has 0 bridgehead atoms. The molecule has 3 atom stereocenters. The van der Waals surface area contributed by atoms with Crippen molar-refractivity contribution in [1.29, 1.82) is 0 Å². The summed E-state index contributed by atoms with van der Waals surface area (Å²) < 4.78 is 11.4. The Morgan fingerprint density at radius 3 is 2.75 bits per heavy atom. The molecule has 3 unspecified atom stereocenters. The molecule has 94 valence electrons. The molecule has 0 saturated carbocycles. The minimum absolute atomic E-state index is 0.0436. The molecule has 4 heteroatoms. The Bertz CT molecular complexity index is 237. The van der Waals surface area contributed by atoms with Crippen LogP contribution in [0.2, 0.25) is 0 Å². The quantitative estimate of drug-likeness (QED) is 0.752. The van der Waals surface area contributed by atoms with Gasteiger partial charge in [-0.05, 0) is 26.7 Å². The molecule has 0 aromatic heterocycles. The van der Waals surface area contributed by atoms with E-state index in [1.807, 2.05) is 0 Å². The average molecular weight is 228 g/mol. The summed E-state index contributed by atoms with van der Waals surface area (Å²) in [6, 6.07) is 0. The van der Waals surface area contributed by atoms with Crippen LogP contribution in [0.4, 0.5) is 0 Å². The standard InChI is InChI=1S/C12H24N2O2/c1-10-8-14(5-3-6-15-10)12(9-13)4-7-16-11(12)2/h10-11H,3-9,13H2,1-2H3. The summed E-state index contributed by atoms with van der Waals surface area (Å²) in [5.41, 5.74) is 6.07. The molecule has 0 aromatic rings. The Kier molecular flexibility index (Phi) is 3.85. The number of hydrogen-bond acceptors (Lipinski definition) is 4. The molecule has 4 nitrogen and oxygen atoms in total. The lowest BCUT2D eigenvalue weighted by Gasteiger charge is -2.42. The van der Waals surface area contributed by atoms with Crippen molar-refractivity contribution in [1.82, 2.24) is 4.90 Å². The highest BCUT2D eigenvalue weighted by molar-refractivity contribution is 5.01. The van der Waals surface area contributed by atoms with Crippen LogP contribution in [0, 0.1) is 0 Å². The average Bonchev–Trinajstić information content (AvgIpc) is 2.51. The van der Waals surface area contributed by atoms with Gasteiger partial charge in [-0.25, -0.2) is 0 Å². The van der Waals surface area contributed by atoms with E-state index in [0.29, 0.717) is 12.6 Å². The molecule has 2 N–H and O–H groups in total. The van der Waals surface area contributed by atoms with E-state index in [4.69, 9.17) is 15.2 Å². The van der Waals surface area contributed by atoms with Gasteiger partial charge >= 0.3 is 0 Å². The van der Waals surface area contributed by atoms with Gasteiger partial charge in [-0.15, -0.1) is 0 Å². The molecule has 0 spiro atoms. The van der Waals surface area contributed by atoms with Crippen LogP contribution in [0.5, 0.6) is 0 Å². The number of ether oxygens (including phenoxy) is 2. The molecule has 0 radical (unpaired) electrons. The van der Waals surface area contributed by atoms with E-state index in [1.54, 1.807) is 0 Å². The van der Waals surface area contributed by atoms with Crippen molar-refractivity contribution in [2.24, 2.45) is 5.73 Å². The Morgan fingerprint density at radius 2 is 2.12 bits per heavy atom. The second-order valence-electron chi connectivity index (χ2n) is 5.05. The van der Waals surface area contributed by atoms with Gasteiger partial charge in [-0.1, -0.05) is 0 Å². The predicted molar refractivity (Wildman–Crippen MR) is 63.4 cm³/mol. The highest BCUT2D eigenvalue weighted by atomic mass is 16.5. The SMILES string of the molecule is CC1CN(C2(CN)CCOC2C)CCCO1. The van der Waals surface area contributed by atoms with Gasteiger partial charge < -0.3 is 15.2 Å².